The average molecular weight is 412 g/mol. The second kappa shape index (κ2) is 10.7. The Balaban J connectivity index is 1.64. The molecule has 0 heterocycles. The van der Waals surface area contributed by atoms with Crippen LogP contribution in [0.2, 0.25) is 0 Å². The predicted molar refractivity (Wildman–Crippen MR) is 123 cm³/mol. The molecule has 0 unspecified atom stereocenters. The van der Waals surface area contributed by atoms with E-state index in [0.29, 0.717) is 17.5 Å². The van der Waals surface area contributed by atoms with E-state index in [1.54, 1.807) is 60.7 Å². The number of ether oxygens (including phenoxy) is 2. The van der Waals surface area contributed by atoms with E-state index in [0.717, 1.165) is 16.7 Å². The van der Waals surface area contributed by atoms with Crippen LogP contribution in [0.25, 0.3) is 12.2 Å². The third-order valence-corrected chi connectivity index (χ3v) is 4.80. The van der Waals surface area contributed by atoms with Crippen molar-refractivity contribution in [3.05, 3.63) is 120 Å². The van der Waals surface area contributed by atoms with Crippen LogP contribution >= 0.6 is 0 Å². The number of esters is 2. The Hall–Kier alpha value is -3.92. The van der Waals surface area contributed by atoms with Crippen molar-refractivity contribution in [2.45, 2.75) is 12.5 Å². The molecule has 0 fully saturated rings. The van der Waals surface area contributed by atoms with Crippen LogP contribution in [-0.2, 0) is 9.47 Å². The minimum absolute atomic E-state index is 0.115. The molecule has 0 aliphatic carbocycles. The van der Waals surface area contributed by atoms with Gasteiger partial charge in [0, 0.05) is 6.42 Å². The minimum Gasteiger partial charge on any atom is -0.462 e. The summed E-state index contributed by atoms with van der Waals surface area (Å²) in [6, 6.07) is 23.4. The highest BCUT2D eigenvalue weighted by Gasteiger charge is 2.19. The Morgan fingerprint density at radius 1 is 0.742 bits per heavy atom. The van der Waals surface area contributed by atoms with Crippen molar-refractivity contribution in [1.29, 1.82) is 0 Å². The van der Waals surface area contributed by atoms with Gasteiger partial charge in [0.15, 0.2) is 0 Å². The van der Waals surface area contributed by atoms with Crippen molar-refractivity contribution in [3.8, 4) is 0 Å². The van der Waals surface area contributed by atoms with Gasteiger partial charge in [-0.05, 0) is 41.0 Å². The standard InChI is InChI=1S/C27H24O4/c1-3-20-10-14-23(15-11-20)26(28)30-19-18-25(22-8-6-5-7-9-22)31-27(29)24-16-12-21(4-2)13-17-24/h3-17,25H,1-2,18-19H2/t25-/m0/s1. The van der Waals surface area contributed by atoms with Crippen molar-refractivity contribution >= 4 is 24.1 Å². The van der Waals surface area contributed by atoms with Crippen molar-refractivity contribution in [2.75, 3.05) is 6.61 Å². The lowest BCUT2D eigenvalue weighted by Gasteiger charge is -2.18. The molecule has 3 rings (SSSR count). The molecule has 3 aromatic carbocycles. The Labute approximate surface area is 182 Å². The van der Waals surface area contributed by atoms with E-state index < -0.39 is 18.0 Å². The van der Waals surface area contributed by atoms with Gasteiger partial charge < -0.3 is 9.47 Å². The summed E-state index contributed by atoms with van der Waals surface area (Å²) in [5.41, 5.74) is 3.59. The maximum atomic E-state index is 12.6. The number of carbonyl (C=O) groups excluding carboxylic acids is 2. The van der Waals surface area contributed by atoms with E-state index >= 15 is 0 Å². The number of benzene rings is 3. The summed E-state index contributed by atoms with van der Waals surface area (Å²) in [4.78, 5) is 24.9. The average Bonchev–Trinajstić information content (AvgIpc) is 2.83. The van der Waals surface area contributed by atoms with Crippen LogP contribution < -0.4 is 0 Å². The van der Waals surface area contributed by atoms with Crippen LogP contribution in [0.15, 0.2) is 92.0 Å². The molecule has 0 aliphatic rings. The fourth-order valence-electron chi connectivity index (χ4n) is 3.01. The topological polar surface area (TPSA) is 52.6 Å². The molecule has 0 radical (unpaired) electrons. The van der Waals surface area contributed by atoms with Crippen LogP contribution in [0.4, 0.5) is 0 Å². The van der Waals surface area contributed by atoms with Gasteiger partial charge in [-0.2, -0.15) is 0 Å². The van der Waals surface area contributed by atoms with Crippen LogP contribution in [-0.4, -0.2) is 18.5 Å². The molecule has 0 aromatic heterocycles. The zero-order valence-corrected chi connectivity index (χ0v) is 17.2. The monoisotopic (exact) mass is 412 g/mol. The van der Waals surface area contributed by atoms with Gasteiger partial charge in [0.05, 0.1) is 17.7 Å². The molecule has 0 bridgehead atoms. The van der Waals surface area contributed by atoms with Crippen LogP contribution in [0.3, 0.4) is 0 Å². The van der Waals surface area contributed by atoms with Crippen LogP contribution in [0.1, 0.15) is 49.9 Å². The maximum absolute atomic E-state index is 12.6. The molecule has 0 aliphatic heterocycles. The third kappa shape index (κ3) is 6.03. The molecule has 31 heavy (non-hydrogen) atoms. The lowest BCUT2D eigenvalue weighted by molar-refractivity contribution is 0.0179. The van der Waals surface area contributed by atoms with Gasteiger partial charge in [-0.1, -0.05) is 79.9 Å². The molecule has 0 saturated carbocycles. The Morgan fingerprint density at radius 3 is 1.77 bits per heavy atom. The number of hydrogen-bond acceptors (Lipinski definition) is 4. The summed E-state index contributed by atoms with van der Waals surface area (Å²) in [6.45, 7) is 7.52. The smallest absolute Gasteiger partial charge is 0.338 e. The first-order chi connectivity index (χ1) is 15.1. The molecule has 4 heteroatoms. The van der Waals surface area contributed by atoms with Crippen molar-refractivity contribution in [1.82, 2.24) is 0 Å². The summed E-state index contributed by atoms with van der Waals surface area (Å²) in [5.74, 6) is -0.857. The Kier molecular flexibility index (Phi) is 7.55. The Bertz CT molecular complexity index is 1030. The van der Waals surface area contributed by atoms with Gasteiger partial charge in [-0.25, -0.2) is 9.59 Å². The fraction of sp³-hybridized carbons (Fsp3) is 0.111. The van der Waals surface area contributed by atoms with E-state index in [1.165, 1.54) is 0 Å². The van der Waals surface area contributed by atoms with E-state index in [4.69, 9.17) is 9.47 Å². The van der Waals surface area contributed by atoms with Crippen molar-refractivity contribution in [3.63, 3.8) is 0 Å². The van der Waals surface area contributed by atoms with Crippen LogP contribution in [0, 0.1) is 0 Å². The van der Waals surface area contributed by atoms with E-state index in [-0.39, 0.29) is 6.61 Å². The summed E-state index contributed by atoms with van der Waals surface area (Å²) in [6.07, 6.45) is 3.22. The molecule has 0 spiro atoms. The van der Waals surface area contributed by atoms with Gasteiger partial charge >= 0.3 is 11.9 Å². The second-order valence-electron chi connectivity index (χ2n) is 6.88. The van der Waals surface area contributed by atoms with E-state index in [2.05, 4.69) is 13.2 Å². The molecule has 4 nitrogen and oxygen atoms in total. The molecular formula is C27H24O4. The maximum Gasteiger partial charge on any atom is 0.338 e. The highest BCUT2D eigenvalue weighted by molar-refractivity contribution is 5.90. The number of carbonyl (C=O) groups is 2. The predicted octanol–water partition coefficient (Wildman–Crippen LogP) is 6.12. The fourth-order valence-corrected chi connectivity index (χ4v) is 3.01. The second-order valence-corrected chi connectivity index (χ2v) is 6.88. The Morgan fingerprint density at radius 2 is 1.26 bits per heavy atom. The first-order valence-corrected chi connectivity index (χ1v) is 9.99. The van der Waals surface area contributed by atoms with Gasteiger partial charge in [-0.15, -0.1) is 0 Å². The highest BCUT2D eigenvalue weighted by Crippen LogP contribution is 2.23. The van der Waals surface area contributed by atoms with Crippen LogP contribution in [0.5, 0.6) is 0 Å². The first-order valence-electron chi connectivity index (χ1n) is 9.99. The number of rotatable bonds is 9. The van der Waals surface area contributed by atoms with E-state index in [9.17, 15) is 9.59 Å². The van der Waals surface area contributed by atoms with Gasteiger partial charge in [0.1, 0.15) is 6.10 Å². The minimum atomic E-state index is -0.538. The molecule has 0 N–H and O–H groups in total. The molecular weight excluding hydrogens is 388 g/mol. The first kappa shape index (κ1) is 21.8. The summed E-state index contributed by atoms with van der Waals surface area (Å²) in [5, 5.41) is 0. The lowest BCUT2D eigenvalue weighted by Crippen LogP contribution is -2.15. The molecule has 0 amide bonds. The van der Waals surface area contributed by atoms with Gasteiger partial charge in [0.2, 0.25) is 0 Å². The largest absolute Gasteiger partial charge is 0.462 e. The third-order valence-electron chi connectivity index (χ3n) is 4.80. The van der Waals surface area contributed by atoms with Crippen molar-refractivity contribution < 1.29 is 19.1 Å². The summed E-state index contributed by atoms with van der Waals surface area (Å²) >= 11 is 0. The summed E-state index contributed by atoms with van der Waals surface area (Å²) in [7, 11) is 0. The molecule has 156 valence electrons. The normalized spacial score (nSPS) is 11.2. The van der Waals surface area contributed by atoms with Gasteiger partial charge in [-0.3, -0.25) is 0 Å². The molecule has 1 atom stereocenters. The van der Waals surface area contributed by atoms with E-state index in [1.807, 2.05) is 30.3 Å². The SMILES string of the molecule is C=Cc1ccc(C(=O)OCC[C@H](OC(=O)c2ccc(C=C)cc2)c2ccccc2)cc1. The summed E-state index contributed by atoms with van der Waals surface area (Å²) < 4.78 is 11.2. The molecule has 0 saturated heterocycles. The number of hydrogen-bond donors (Lipinski definition) is 0. The highest BCUT2D eigenvalue weighted by atomic mass is 16.6. The van der Waals surface area contributed by atoms with Crippen molar-refractivity contribution in [2.24, 2.45) is 0 Å². The zero-order chi connectivity index (χ0) is 22.1. The quantitative estimate of drug-likeness (QED) is 0.398. The van der Waals surface area contributed by atoms with Gasteiger partial charge in [0.25, 0.3) is 0 Å². The lowest BCUT2D eigenvalue weighted by atomic mass is 10.1. The zero-order valence-electron chi connectivity index (χ0n) is 17.2. The molecule has 3 aromatic rings.